The van der Waals surface area contributed by atoms with Crippen LogP contribution in [0, 0.1) is 0 Å². The number of primary amides is 1. The van der Waals surface area contributed by atoms with Crippen molar-refractivity contribution in [3.63, 3.8) is 0 Å². The zero-order valence-electron chi connectivity index (χ0n) is 15.9. The molecule has 1 aliphatic heterocycles. The molecule has 3 heterocycles. The Morgan fingerprint density at radius 2 is 2.03 bits per heavy atom. The topological polar surface area (TPSA) is 106 Å². The van der Waals surface area contributed by atoms with Crippen LogP contribution < -0.4 is 16.0 Å². The third-order valence-corrected chi connectivity index (χ3v) is 6.58. The van der Waals surface area contributed by atoms with Gasteiger partial charge in [0, 0.05) is 18.1 Å². The van der Waals surface area contributed by atoms with E-state index in [9.17, 15) is 9.59 Å². The molecule has 0 radical (unpaired) electrons. The largest absolute Gasteiger partial charge is 0.366 e. The van der Waals surface area contributed by atoms with Crippen molar-refractivity contribution in [3.05, 3.63) is 46.3 Å². The lowest BCUT2D eigenvalue weighted by molar-refractivity contribution is -0.113. The second kappa shape index (κ2) is 9.07. The van der Waals surface area contributed by atoms with Crippen molar-refractivity contribution in [1.29, 1.82) is 0 Å². The summed E-state index contributed by atoms with van der Waals surface area (Å²) >= 11 is 8.72. The van der Waals surface area contributed by atoms with Crippen molar-refractivity contribution >= 4 is 57.5 Å². The lowest BCUT2D eigenvalue weighted by Crippen LogP contribution is -2.22. The highest BCUT2D eigenvalue weighted by Crippen LogP contribution is 2.30. The Hall–Kier alpha value is -2.56. The number of anilines is 2. The number of benzene rings is 1. The first kappa shape index (κ1) is 20.7. The van der Waals surface area contributed by atoms with Crippen LogP contribution in [-0.2, 0) is 4.79 Å². The van der Waals surface area contributed by atoms with Crippen LogP contribution in [0.4, 0.5) is 10.9 Å². The van der Waals surface area contributed by atoms with Crippen molar-refractivity contribution in [2.45, 2.75) is 18.0 Å². The number of hydrogen-bond acceptors (Lipinski definition) is 7. The van der Waals surface area contributed by atoms with Crippen molar-refractivity contribution in [3.8, 4) is 5.69 Å². The fourth-order valence-corrected chi connectivity index (χ4v) is 4.95. The third-order valence-electron chi connectivity index (χ3n) is 4.59. The smallest absolute Gasteiger partial charge is 0.251 e. The van der Waals surface area contributed by atoms with E-state index in [1.165, 1.54) is 23.1 Å². The molecule has 2 amide bonds. The highest BCUT2D eigenvalue weighted by molar-refractivity contribution is 7.99. The van der Waals surface area contributed by atoms with Crippen LogP contribution in [0.5, 0.6) is 0 Å². The fourth-order valence-electron chi connectivity index (χ4n) is 3.21. The molecule has 0 aliphatic carbocycles. The van der Waals surface area contributed by atoms with Gasteiger partial charge in [-0.1, -0.05) is 29.4 Å². The number of thioether (sulfide) groups is 1. The standard InChI is InChI=1S/C19H19ClN6O2S2/c20-12-4-3-5-13(10-12)26-18(25-7-1-2-8-25)23-24-19(26)30-11-15(27)22-17-14(16(21)28)6-9-29-17/h3-6,9-10H,1-2,7-8,11H2,(H2,21,28)(H,22,27). The zero-order valence-corrected chi connectivity index (χ0v) is 18.3. The van der Waals surface area contributed by atoms with E-state index in [-0.39, 0.29) is 11.7 Å². The average Bonchev–Trinajstić information content (AvgIpc) is 3.46. The van der Waals surface area contributed by atoms with E-state index in [1.54, 1.807) is 11.4 Å². The van der Waals surface area contributed by atoms with E-state index in [1.807, 2.05) is 28.8 Å². The van der Waals surface area contributed by atoms with Gasteiger partial charge in [-0.15, -0.1) is 21.5 Å². The number of thiophene rings is 1. The highest BCUT2D eigenvalue weighted by atomic mass is 35.5. The van der Waals surface area contributed by atoms with Gasteiger partial charge in [0.15, 0.2) is 5.16 Å². The summed E-state index contributed by atoms with van der Waals surface area (Å²) in [5.41, 5.74) is 6.47. The van der Waals surface area contributed by atoms with Crippen molar-refractivity contribution in [2.24, 2.45) is 5.73 Å². The molecular weight excluding hydrogens is 444 g/mol. The monoisotopic (exact) mass is 462 g/mol. The van der Waals surface area contributed by atoms with Crippen LogP contribution in [0.1, 0.15) is 23.2 Å². The summed E-state index contributed by atoms with van der Waals surface area (Å²) in [6.45, 7) is 1.83. The number of rotatable bonds is 7. The lowest BCUT2D eigenvalue weighted by atomic mass is 10.3. The lowest BCUT2D eigenvalue weighted by Gasteiger charge is -2.18. The summed E-state index contributed by atoms with van der Waals surface area (Å²) < 4.78 is 1.93. The van der Waals surface area contributed by atoms with Crippen LogP contribution in [0.2, 0.25) is 5.02 Å². The number of hydrogen-bond donors (Lipinski definition) is 2. The molecule has 3 N–H and O–H groups in total. The van der Waals surface area contributed by atoms with Crippen molar-refractivity contribution in [2.75, 3.05) is 29.1 Å². The zero-order chi connectivity index (χ0) is 21.1. The molecule has 1 fully saturated rings. The maximum atomic E-state index is 12.5. The Labute approximate surface area is 186 Å². The number of amides is 2. The molecular formula is C19H19ClN6O2S2. The number of carbonyl (C=O) groups excluding carboxylic acids is 2. The predicted octanol–water partition coefficient (Wildman–Crippen LogP) is 3.41. The first-order valence-electron chi connectivity index (χ1n) is 9.29. The summed E-state index contributed by atoms with van der Waals surface area (Å²) in [6.07, 6.45) is 2.21. The van der Waals surface area contributed by atoms with Crippen LogP contribution in [0.3, 0.4) is 0 Å². The molecule has 2 aromatic heterocycles. The van der Waals surface area contributed by atoms with Gasteiger partial charge in [-0.3, -0.25) is 14.2 Å². The van der Waals surface area contributed by atoms with Gasteiger partial charge in [-0.05, 0) is 42.5 Å². The number of nitrogens with one attached hydrogen (secondary N) is 1. The minimum absolute atomic E-state index is 0.106. The van der Waals surface area contributed by atoms with E-state index in [0.717, 1.165) is 37.6 Å². The quantitative estimate of drug-likeness (QED) is 0.521. The molecule has 4 rings (SSSR count). The molecule has 1 aromatic carbocycles. The summed E-state index contributed by atoms with van der Waals surface area (Å²) in [7, 11) is 0. The molecule has 0 atom stereocenters. The van der Waals surface area contributed by atoms with Crippen molar-refractivity contribution in [1.82, 2.24) is 14.8 Å². The Kier molecular flexibility index (Phi) is 6.26. The van der Waals surface area contributed by atoms with Gasteiger partial charge in [-0.25, -0.2) is 0 Å². The molecule has 0 bridgehead atoms. The minimum Gasteiger partial charge on any atom is -0.366 e. The molecule has 0 unspecified atom stereocenters. The molecule has 11 heteroatoms. The molecule has 0 spiro atoms. The van der Waals surface area contributed by atoms with E-state index < -0.39 is 5.91 Å². The number of aromatic nitrogens is 3. The second-order valence-corrected chi connectivity index (χ2v) is 8.95. The first-order chi connectivity index (χ1) is 14.5. The predicted molar refractivity (Wildman–Crippen MR) is 120 cm³/mol. The van der Waals surface area contributed by atoms with Gasteiger partial charge in [0.1, 0.15) is 5.00 Å². The van der Waals surface area contributed by atoms with Crippen LogP contribution in [0.25, 0.3) is 5.69 Å². The molecule has 0 saturated carbocycles. The Morgan fingerprint density at radius 3 is 2.77 bits per heavy atom. The SMILES string of the molecule is NC(=O)c1ccsc1NC(=O)CSc1nnc(N2CCCC2)n1-c1cccc(Cl)c1. The Balaban J connectivity index is 1.54. The maximum absolute atomic E-state index is 12.5. The number of halogens is 1. The summed E-state index contributed by atoms with van der Waals surface area (Å²) in [6, 6.07) is 9.05. The van der Waals surface area contributed by atoms with Crippen LogP contribution in [0.15, 0.2) is 40.9 Å². The normalized spacial score (nSPS) is 13.6. The molecule has 3 aromatic rings. The second-order valence-electron chi connectivity index (χ2n) is 6.66. The maximum Gasteiger partial charge on any atom is 0.251 e. The fraction of sp³-hybridized carbons (Fsp3) is 0.263. The first-order valence-corrected chi connectivity index (χ1v) is 11.5. The van der Waals surface area contributed by atoms with Crippen LogP contribution in [-0.4, -0.2) is 45.4 Å². The highest BCUT2D eigenvalue weighted by Gasteiger charge is 2.23. The minimum atomic E-state index is -0.574. The van der Waals surface area contributed by atoms with Gasteiger partial charge in [0.25, 0.3) is 5.91 Å². The summed E-state index contributed by atoms with van der Waals surface area (Å²) in [5, 5.41) is 14.8. The van der Waals surface area contributed by atoms with Gasteiger partial charge in [0.05, 0.1) is 17.0 Å². The van der Waals surface area contributed by atoms with E-state index in [2.05, 4.69) is 20.4 Å². The van der Waals surface area contributed by atoms with E-state index in [4.69, 9.17) is 17.3 Å². The van der Waals surface area contributed by atoms with Crippen molar-refractivity contribution < 1.29 is 9.59 Å². The van der Waals surface area contributed by atoms with Gasteiger partial charge < -0.3 is 16.0 Å². The summed E-state index contributed by atoms with van der Waals surface area (Å²) in [4.78, 5) is 26.1. The third kappa shape index (κ3) is 4.45. The number of nitrogens with zero attached hydrogens (tertiary/aromatic N) is 4. The van der Waals surface area contributed by atoms with E-state index >= 15 is 0 Å². The molecule has 156 valence electrons. The molecule has 1 saturated heterocycles. The van der Waals surface area contributed by atoms with Crippen LogP contribution >= 0.6 is 34.7 Å². The average molecular weight is 463 g/mol. The molecule has 30 heavy (non-hydrogen) atoms. The van der Waals surface area contributed by atoms with E-state index in [0.29, 0.717) is 20.7 Å². The number of nitrogens with two attached hydrogens (primary N) is 1. The van der Waals surface area contributed by atoms with Gasteiger partial charge in [-0.2, -0.15) is 0 Å². The Bertz CT molecular complexity index is 1080. The van der Waals surface area contributed by atoms with Gasteiger partial charge >= 0.3 is 0 Å². The van der Waals surface area contributed by atoms with Gasteiger partial charge in [0.2, 0.25) is 11.9 Å². The molecule has 1 aliphatic rings. The summed E-state index contributed by atoms with van der Waals surface area (Å²) in [5.74, 6) is 0.0184. The number of carbonyl (C=O) groups is 2. The Morgan fingerprint density at radius 1 is 1.23 bits per heavy atom. The molecule has 8 nitrogen and oxygen atoms in total.